The standard InChI is InChI=1S/C11H18N4O2S/c1-6-3-4-15(5-7(6)16)10(17)8-9(12)14-11(13-2)18-8/h6-7,16H,3-5,12H2,1-2H3,(H,13,14). The van der Waals surface area contributed by atoms with Gasteiger partial charge in [0.1, 0.15) is 10.7 Å². The summed E-state index contributed by atoms with van der Waals surface area (Å²) in [7, 11) is 1.73. The van der Waals surface area contributed by atoms with Crippen molar-refractivity contribution in [2.75, 3.05) is 31.2 Å². The number of hydrogen-bond donors (Lipinski definition) is 3. The molecular weight excluding hydrogens is 252 g/mol. The lowest BCUT2D eigenvalue weighted by atomic mass is 9.96. The molecule has 2 unspecified atom stereocenters. The molecule has 6 nitrogen and oxygen atoms in total. The summed E-state index contributed by atoms with van der Waals surface area (Å²) in [6, 6.07) is 0. The van der Waals surface area contributed by atoms with Gasteiger partial charge >= 0.3 is 0 Å². The molecule has 18 heavy (non-hydrogen) atoms. The van der Waals surface area contributed by atoms with Crippen molar-refractivity contribution >= 4 is 28.2 Å². The summed E-state index contributed by atoms with van der Waals surface area (Å²) in [5, 5.41) is 13.3. The first-order valence-electron chi connectivity index (χ1n) is 5.94. The number of rotatable bonds is 2. The van der Waals surface area contributed by atoms with E-state index in [0.29, 0.717) is 23.1 Å². The third kappa shape index (κ3) is 2.41. The van der Waals surface area contributed by atoms with Crippen molar-refractivity contribution in [3.8, 4) is 0 Å². The van der Waals surface area contributed by atoms with E-state index >= 15 is 0 Å². The maximum Gasteiger partial charge on any atom is 0.267 e. The number of aliphatic hydroxyl groups is 1. The lowest BCUT2D eigenvalue weighted by molar-refractivity contribution is 0.0252. The van der Waals surface area contributed by atoms with E-state index in [0.717, 1.165) is 6.42 Å². The summed E-state index contributed by atoms with van der Waals surface area (Å²) in [6.45, 7) is 3.02. The molecule has 0 saturated carbocycles. The minimum atomic E-state index is -0.458. The fraction of sp³-hybridized carbons (Fsp3) is 0.636. The number of piperidine rings is 1. The van der Waals surface area contributed by atoms with Crippen LogP contribution < -0.4 is 11.1 Å². The maximum absolute atomic E-state index is 12.3. The van der Waals surface area contributed by atoms with Gasteiger partial charge in [-0.2, -0.15) is 0 Å². The largest absolute Gasteiger partial charge is 0.391 e. The maximum atomic E-state index is 12.3. The number of carbonyl (C=O) groups excluding carboxylic acids is 1. The molecule has 1 aliphatic heterocycles. The number of amides is 1. The quantitative estimate of drug-likeness (QED) is 0.732. The number of carbonyl (C=O) groups is 1. The Bertz CT molecular complexity index is 448. The fourth-order valence-electron chi connectivity index (χ4n) is 1.97. The Labute approximate surface area is 110 Å². The average molecular weight is 270 g/mol. The molecule has 0 aliphatic carbocycles. The Kier molecular flexibility index (Phi) is 3.72. The molecule has 2 heterocycles. The van der Waals surface area contributed by atoms with Crippen molar-refractivity contribution in [1.82, 2.24) is 9.88 Å². The number of nitrogens with two attached hydrogens (primary N) is 1. The second kappa shape index (κ2) is 5.11. The first-order chi connectivity index (χ1) is 8.52. The number of nitrogens with zero attached hydrogens (tertiary/aromatic N) is 2. The molecule has 1 saturated heterocycles. The molecule has 1 aromatic rings. The van der Waals surface area contributed by atoms with E-state index in [4.69, 9.17) is 5.73 Å². The molecular formula is C11H18N4O2S. The van der Waals surface area contributed by atoms with Gasteiger partial charge in [-0.05, 0) is 12.3 Å². The normalized spacial score (nSPS) is 24.1. The number of thiazole rings is 1. The lowest BCUT2D eigenvalue weighted by Crippen LogP contribution is -2.45. The monoisotopic (exact) mass is 270 g/mol. The fourth-order valence-corrected chi connectivity index (χ4v) is 2.78. The van der Waals surface area contributed by atoms with E-state index in [1.165, 1.54) is 11.3 Å². The topological polar surface area (TPSA) is 91.5 Å². The van der Waals surface area contributed by atoms with Crippen LogP contribution in [0.1, 0.15) is 23.0 Å². The van der Waals surface area contributed by atoms with Crippen molar-refractivity contribution in [2.45, 2.75) is 19.4 Å². The zero-order valence-corrected chi connectivity index (χ0v) is 11.3. The highest BCUT2D eigenvalue weighted by Crippen LogP contribution is 2.27. The Balaban J connectivity index is 2.13. The molecule has 2 atom stereocenters. The van der Waals surface area contributed by atoms with Crippen LogP contribution in [-0.4, -0.2) is 47.1 Å². The molecule has 1 amide bonds. The van der Waals surface area contributed by atoms with Gasteiger partial charge in [-0.25, -0.2) is 4.98 Å². The summed E-state index contributed by atoms with van der Waals surface area (Å²) in [5.74, 6) is 0.348. The molecule has 0 radical (unpaired) electrons. The van der Waals surface area contributed by atoms with Crippen LogP contribution in [0.3, 0.4) is 0 Å². The number of hydrogen-bond acceptors (Lipinski definition) is 6. The van der Waals surface area contributed by atoms with Crippen LogP contribution in [-0.2, 0) is 0 Å². The van der Waals surface area contributed by atoms with Crippen LogP contribution in [0, 0.1) is 5.92 Å². The van der Waals surface area contributed by atoms with E-state index in [-0.39, 0.29) is 17.6 Å². The van der Waals surface area contributed by atoms with E-state index in [1.54, 1.807) is 11.9 Å². The highest BCUT2D eigenvalue weighted by Gasteiger charge is 2.30. The zero-order chi connectivity index (χ0) is 13.3. The Morgan fingerprint density at radius 1 is 1.67 bits per heavy atom. The first-order valence-corrected chi connectivity index (χ1v) is 6.76. The molecule has 0 bridgehead atoms. The number of aromatic nitrogens is 1. The van der Waals surface area contributed by atoms with Gasteiger partial charge in [-0.3, -0.25) is 4.79 Å². The first kappa shape index (κ1) is 13.1. The predicted octanol–water partition coefficient (Wildman–Crippen LogP) is 0.610. The Hall–Kier alpha value is -1.34. The van der Waals surface area contributed by atoms with Crippen molar-refractivity contribution < 1.29 is 9.90 Å². The molecule has 100 valence electrons. The summed E-state index contributed by atoms with van der Waals surface area (Å²) in [5.41, 5.74) is 5.74. The van der Waals surface area contributed by atoms with Crippen LogP contribution in [0.15, 0.2) is 0 Å². The second-order valence-electron chi connectivity index (χ2n) is 4.57. The number of likely N-dealkylation sites (tertiary alicyclic amines) is 1. The number of nitrogen functional groups attached to an aromatic ring is 1. The molecule has 7 heteroatoms. The average Bonchev–Trinajstić information content (AvgIpc) is 2.73. The lowest BCUT2D eigenvalue weighted by Gasteiger charge is -2.34. The molecule has 1 aliphatic rings. The Morgan fingerprint density at radius 2 is 2.39 bits per heavy atom. The smallest absolute Gasteiger partial charge is 0.267 e. The third-order valence-corrected chi connectivity index (χ3v) is 4.34. The predicted molar refractivity (Wildman–Crippen MR) is 71.8 cm³/mol. The van der Waals surface area contributed by atoms with Crippen LogP contribution >= 0.6 is 11.3 Å². The van der Waals surface area contributed by atoms with E-state index < -0.39 is 6.10 Å². The van der Waals surface area contributed by atoms with Crippen molar-refractivity contribution in [1.29, 1.82) is 0 Å². The molecule has 1 fully saturated rings. The minimum absolute atomic E-state index is 0.141. The molecule has 0 spiro atoms. The van der Waals surface area contributed by atoms with E-state index in [1.807, 2.05) is 6.92 Å². The number of β-amino-alcohol motifs (C(OH)–C–C–N with tert-alkyl or cyclic N) is 1. The summed E-state index contributed by atoms with van der Waals surface area (Å²) in [6.07, 6.45) is 0.352. The highest BCUT2D eigenvalue weighted by atomic mass is 32.1. The van der Waals surface area contributed by atoms with Gasteiger partial charge in [0.25, 0.3) is 5.91 Å². The van der Waals surface area contributed by atoms with Gasteiger partial charge in [-0.15, -0.1) is 0 Å². The van der Waals surface area contributed by atoms with Crippen molar-refractivity contribution in [3.63, 3.8) is 0 Å². The second-order valence-corrected chi connectivity index (χ2v) is 5.57. The molecule has 0 aromatic carbocycles. The number of aliphatic hydroxyl groups excluding tert-OH is 1. The number of nitrogens with one attached hydrogen (secondary N) is 1. The van der Waals surface area contributed by atoms with Gasteiger partial charge in [0, 0.05) is 20.1 Å². The van der Waals surface area contributed by atoms with Crippen molar-refractivity contribution in [2.24, 2.45) is 5.92 Å². The van der Waals surface area contributed by atoms with Gasteiger partial charge in [0.2, 0.25) is 0 Å². The van der Waals surface area contributed by atoms with Crippen LogP contribution in [0.25, 0.3) is 0 Å². The molecule has 2 rings (SSSR count). The van der Waals surface area contributed by atoms with Gasteiger partial charge in [-0.1, -0.05) is 18.3 Å². The highest BCUT2D eigenvalue weighted by molar-refractivity contribution is 7.18. The Morgan fingerprint density at radius 3 is 2.94 bits per heavy atom. The SMILES string of the molecule is CNc1nc(N)c(C(=O)N2CCC(C)C(O)C2)s1. The molecule has 4 N–H and O–H groups in total. The van der Waals surface area contributed by atoms with E-state index in [9.17, 15) is 9.90 Å². The number of anilines is 2. The molecule has 1 aromatic heterocycles. The van der Waals surface area contributed by atoms with Gasteiger partial charge in [0.05, 0.1) is 6.10 Å². The van der Waals surface area contributed by atoms with Gasteiger partial charge in [0.15, 0.2) is 5.13 Å². The van der Waals surface area contributed by atoms with Crippen LogP contribution in [0.5, 0.6) is 0 Å². The summed E-state index contributed by atoms with van der Waals surface area (Å²) >= 11 is 1.24. The van der Waals surface area contributed by atoms with Crippen LogP contribution in [0.4, 0.5) is 10.9 Å². The van der Waals surface area contributed by atoms with Gasteiger partial charge < -0.3 is 21.1 Å². The minimum Gasteiger partial charge on any atom is -0.391 e. The van der Waals surface area contributed by atoms with E-state index in [2.05, 4.69) is 10.3 Å². The third-order valence-electron chi connectivity index (χ3n) is 3.27. The summed E-state index contributed by atoms with van der Waals surface area (Å²) in [4.78, 5) is 18.4. The van der Waals surface area contributed by atoms with Crippen molar-refractivity contribution in [3.05, 3.63) is 4.88 Å². The van der Waals surface area contributed by atoms with Crippen LogP contribution in [0.2, 0.25) is 0 Å². The zero-order valence-electron chi connectivity index (χ0n) is 10.5. The summed E-state index contributed by atoms with van der Waals surface area (Å²) < 4.78 is 0.